The molecule has 3 rings (SSSR count). The molecule has 6 nitrogen and oxygen atoms in total. The van der Waals surface area contributed by atoms with Crippen molar-refractivity contribution in [2.45, 2.75) is 11.1 Å². The summed E-state index contributed by atoms with van der Waals surface area (Å²) in [6.45, 7) is 0. The topological polar surface area (TPSA) is 74.0 Å². The molecule has 0 spiro atoms. The number of nitrogens with zero attached hydrogens (tertiary/aromatic N) is 3. The van der Waals surface area contributed by atoms with E-state index in [1.165, 1.54) is 36.5 Å². The zero-order valence-electron chi connectivity index (χ0n) is 13.3. The second-order valence-electron chi connectivity index (χ2n) is 5.37. The molecule has 0 bridgehead atoms. The van der Waals surface area contributed by atoms with Gasteiger partial charge in [0.2, 0.25) is 0 Å². The molecule has 0 aliphatic rings. The van der Waals surface area contributed by atoms with Crippen LogP contribution < -0.4 is 5.56 Å². The van der Waals surface area contributed by atoms with E-state index >= 15 is 0 Å². The Balaban J connectivity index is 2.12. The number of halogens is 6. The lowest BCUT2D eigenvalue weighted by Gasteiger charge is -2.13. The Morgan fingerprint density at radius 3 is 2.11 bits per heavy atom. The van der Waals surface area contributed by atoms with Crippen molar-refractivity contribution in [3.63, 3.8) is 0 Å². The second kappa shape index (κ2) is 7.11. The van der Waals surface area contributed by atoms with E-state index in [-0.39, 0.29) is 15.7 Å². The van der Waals surface area contributed by atoms with Crippen LogP contribution in [-0.2, 0) is 15.2 Å². The smallest absolute Gasteiger partial charge is 0.283 e. The highest BCUT2D eigenvalue weighted by molar-refractivity contribution is 8.13. The summed E-state index contributed by atoms with van der Waals surface area (Å²) in [6, 6.07) is 6.48. The van der Waals surface area contributed by atoms with E-state index in [2.05, 4.69) is 5.10 Å². The van der Waals surface area contributed by atoms with Crippen LogP contribution in [0.4, 0.5) is 13.2 Å². The summed E-state index contributed by atoms with van der Waals surface area (Å²) >= 11 is 11.6. The maximum absolute atomic E-state index is 13.4. The van der Waals surface area contributed by atoms with Gasteiger partial charge in [0.25, 0.3) is 14.6 Å². The molecule has 0 saturated heterocycles. The molecule has 0 radical (unpaired) electrons. The SMILES string of the molecule is O=c1c(Cl)c(Cl)ccn1-c1ccc(-n2ncc(S(=O)(=O)Cl)c2C(F)(F)F)cc1. The summed E-state index contributed by atoms with van der Waals surface area (Å²) in [4.78, 5) is 11.0. The van der Waals surface area contributed by atoms with Crippen LogP contribution in [0.15, 0.2) is 52.4 Å². The lowest BCUT2D eigenvalue weighted by atomic mass is 10.2. The summed E-state index contributed by atoms with van der Waals surface area (Å²) in [5, 5.41) is 3.34. The predicted octanol–water partition coefficient (Wildman–Crippen LogP) is 4.28. The van der Waals surface area contributed by atoms with Gasteiger partial charge in [-0.2, -0.15) is 18.3 Å². The molecule has 1 aromatic carbocycles. The van der Waals surface area contributed by atoms with Gasteiger partial charge in [0.1, 0.15) is 9.92 Å². The molecule has 0 atom stereocenters. The Labute approximate surface area is 170 Å². The summed E-state index contributed by atoms with van der Waals surface area (Å²) in [5.41, 5.74) is -1.97. The molecule has 13 heteroatoms. The average molecular weight is 473 g/mol. The van der Waals surface area contributed by atoms with Crippen molar-refractivity contribution >= 4 is 42.9 Å². The Morgan fingerprint density at radius 1 is 1.00 bits per heavy atom. The highest BCUT2D eigenvalue weighted by atomic mass is 35.7. The van der Waals surface area contributed by atoms with Gasteiger partial charge in [0.15, 0.2) is 5.69 Å². The quantitative estimate of drug-likeness (QED) is 0.534. The van der Waals surface area contributed by atoms with Crippen LogP contribution in [0.1, 0.15) is 5.69 Å². The number of rotatable bonds is 3. The van der Waals surface area contributed by atoms with Crippen LogP contribution in [0.25, 0.3) is 11.4 Å². The highest BCUT2D eigenvalue weighted by Gasteiger charge is 2.42. The van der Waals surface area contributed by atoms with Gasteiger partial charge in [-0.05, 0) is 30.3 Å². The molecule has 0 aliphatic heterocycles. The van der Waals surface area contributed by atoms with E-state index < -0.39 is 31.4 Å². The summed E-state index contributed by atoms with van der Waals surface area (Å²) in [7, 11) is 0.405. The fourth-order valence-corrected chi connectivity index (χ4v) is 3.65. The molecule has 0 saturated carbocycles. The van der Waals surface area contributed by atoms with Crippen LogP contribution in [0.3, 0.4) is 0 Å². The van der Waals surface area contributed by atoms with Crippen LogP contribution in [0.2, 0.25) is 10.0 Å². The van der Waals surface area contributed by atoms with Crippen molar-refractivity contribution in [2.24, 2.45) is 0 Å². The number of alkyl halides is 3. The van der Waals surface area contributed by atoms with E-state index in [4.69, 9.17) is 33.9 Å². The third-order valence-corrected chi connectivity index (χ3v) is 5.73. The first kappa shape index (κ1) is 20.7. The summed E-state index contributed by atoms with van der Waals surface area (Å²) < 4.78 is 64.5. The van der Waals surface area contributed by atoms with Crippen molar-refractivity contribution in [3.05, 3.63) is 68.8 Å². The van der Waals surface area contributed by atoms with Crippen molar-refractivity contribution in [3.8, 4) is 11.4 Å². The maximum Gasteiger partial charge on any atom is 0.434 e. The van der Waals surface area contributed by atoms with Crippen LogP contribution in [0, 0.1) is 0 Å². The first-order valence-electron chi connectivity index (χ1n) is 7.18. The number of pyridine rings is 1. The van der Waals surface area contributed by atoms with Crippen LogP contribution in [-0.4, -0.2) is 22.8 Å². The van der Waals surface area contributed by atoms with Crippen LogP contribution >= 0.6 is 33.9 Å². The summed E-state index contributed by atoms with van der Waals surface area (Å²) in [5.74, 6) is 0. The number of hydrogen-bond acceptors (Lipinski definition) is 4. The molecule has 2 aromatic heterocycles. The minimum atomic E-state index is -5.03. The minimum Gasteiger partial charge on any atom is -0.283 e. The molecular weight excluding hydrogens is 466 g/mol. The average Bonchev–Trinajstić information content (AvgIpc) is 3.06. The maximum atomic E-state index is 13.4. The Bertz CT molecular complexity index is 1220. The lowest BCUT2D eigenvalue weighted by Crippen LogP contribution is -2.18. The molecule has 0 N–H and O–H groups in total. The Hall–Kier alpha value is -2.01. The van der Waals surface area contributed by atoms with Gasteiger partial charge >= 0.3 is 6.18 Å². The number of aromatic nitrogens is 3. The first-order valence-corrected chi connectivity index (χ1v) is 10.2. The lowest BCUT2D eigenvalue weighted by molar-refractivity contribution is -0.145. The van der Waals surface area contributed by atoms with Gasteiger partial charge < -0.3 is 0 Å². The van der Waals surface area contributed by atoms with Crippen molar-refractivity contribution in [2.75, 3.05) is 0 Å². The summed E-state index contributed by atoms with van der Waals surface area (Å²) in [6.07, 6.45) is -3.17. The number of hydrogen-bond donors (Lipinski definition) is 0. The first-order chi connectivity index (χ1) is 12.9. The largest absolute Gasteiger partial charge is 0.434 e. The molecule has 0 amide bonds. The van der Waals surface area contributed by atoms with E-state index in [0.717, 1.165) is 4.57 Å². The predicted molar refractivity (Wildman–Crippen MR) is 97.2 cm³/mol. The molecule has 28 heavy (non-hydrogen) atoms. The minimum absolute atomic E-state index is 0.0562. The Morgan fingerprint density at radius 2 is 1.57 bits per heavy atom. The molecule has 2 heterocycles. The van der Waals surface area contributed by atoms with Gasteiger partial charge in [-0.25, -0.2) is 13.1 Å². The molecule has 3 aromatic rings. The molecule has 148 valence electrons. The Kier molecular flexibility index (Phi) is 5.26. The fraction of sp³-hybridized carbons (Fsp3) is 0.0667. The zero-order valence-corrected chi connectivity index (χ0v) is 16.4. The normalized spacial score (nSPS) is 12.4. The molecule has 0 unspecified atom stereocenters. The van der Waals surface area contributed by atoms with Gasteiger partial charge in [-0.15, -0.1) is 0 Å². The fourth-order valence-electron chi connectivity index (χ4n) is 2.41. The second-order valence-corrected chi connectivity index (χ2v) is 8.69. The number of benzene rings is 1. The van der Waals surface area contributed by atoms with Gasteiger partial charge in [-0.3, -0.25) is 9.36 Å². The van der Waals surface area contributed by atoms with E-state index in [1.54, 1.807) is 0 Å². The standard InChI is InChI=1S/C15H7Cl3F3N3O3S/c16-10-5-6-23(14(25)12(10)17)8-1-3-9(4-2-8)24-13(15(19,20)21)11(7-22-24)28(18,26)27/h1-7H. The van der Waals surface area contributed by atoms with Crippen molar-refractivity contribution in [1.29, 1.82) is 0 Å². The van der Waals surface area contributed by atoms with E-state index in [9.17, 15) is 26.4 Å². The van der Waals surface area contributed by atoms with E-state index in [1.807, 2.05) is 0 Å². The van der Waals surface area contributed by atoms with Crippen molar-refractivity contribution in [1.82, 2.24) is 14.3 Å². The van der Waals surface area contributed by atoms with Gasteiger partial charge in [0.05, 0.1) is 16.9 Å². The van der Waals surface area contributed by atoms with E-state index in [0.29, 0.717) is 16.6 Å². The zero-order chi connectivity index (χ0) is 20.9. The monoisotopic (exact) mass is 471 g/mol. The third kappa shape index (κ3) is 3.77. The molecule has 0 fully saturated rings. The third-order valence-electron chi connectivity index (χ3n) is 3.63. The van der Waals surface area contributed by atoms with Gasteiger partial charge in [-0.1, -0.05) is 23.2 Å². The highest BCUT2D eigenvalue weighted by Crippen LogP contribution is 2.36. The van der Waals surface area contributed by atoms with Gasteiger partial charge in [0, 0.05) is 22.6 Å². The molecular formula is C15H7Cl3F3N3O3S. The van der Waals surface area contributed by atoms with Crippen molar-refractivity contribution < 1.29 is 21.6 Å². The molecule has 0 aliphatic carbocycles. The van der Waals surface area contributed by atoms with Crippen LogP contribution in [0.5, 0.6) is 0 Å².